The fourth-order valence-corrected chi connectivity index (χ4v) is 6.55. The van der Waals surface area contributed by atoms with Crippen molar-refractivity contribution >= 4 is 11.8 Å². The first kappa shape index (κ1) is 44.7. The lowest BCUT2D eigenvalue weighted by molar-refractivity contribution is -0.123. The third-order valence-corrected chi connectivity index (χ3v) is 9.79. The van der Waals surface area contributed by atoms with Gasteiger partial charge in [-0.1, -0.05) is 193 Å². The third-order valence-electron chi connectivity index (χ3n) is 9.79. The van der Waals surface area contributed by atoms with Crippen molar-refractivity contribution in [2.24, 2.45) is 11.7 Å². The van der Waals surface area contributed by atoms with E-state index in [0.29, 0.717) is 19.4 Å². The highest BCUT2D eigenvalue weighted by Crippen LogP contribution is 2.17. The molecule has 2 amide bonds. The normalized spacial score (nSPS) is 12.2. The summed E-state index contributed by atoms with van der Waals surface area (Å²) in [5, 5.41) is 3.03. The number of nitrogens with two attached hydrogens (primary N) is 1. The minimum absolute atomic E-state index is 0.111. The number of unbranched alkanes of at least 4 members (excludes halogenated alkanes) is 28. The van der Waals surface area contributed by atoms with E-state index >= 15 is 0 Å². The van der Waals surface area contributed by atoms with Crippen LogP contribution in [0.3, 0.4) is 0 Å². The molecular weight excluding hydrogens is 564 g/mol. The average molecular weight is 647 g/mol. The summed E-state index contributed by atoms with van der Waals surface area (Å²) in [6.07, 6.45) is 47.9. The van der Waals surface area contributed by atoms with Crippen LogP contribution in [0.4, 0.5) is 0 Å². The van der Waals surface area contributed by atoms with Gasteiger partial charge in [-0.2, -0.15) is 0 Å². The molecule has 46 heavy (non-hydrogen) atoms. The topological polar surface area (TPSA) is 72.2 Å². The zero-order valence-electron chi connectivity index (χ0n) is 31.4. The number of carbonyl (C=O) groups is 2. The number of hydrogen-bond acceptors (Lipinski definition) is 2. The number of allylic oxidation sites excluding steroid dienone is 2. The Labute approximate surface area is 288 Å². The molecule has 0 aromatic heterocycles. The van der Waals surface area contributed by atoms with E-state index in [1.807, 2.05) is 0 Å². The second-order valence-electron chi connectivity index (χ2n) is 14.4. The van der Waals surface area contributed by atoms with Gasteiger partial charge < -0.3 is 11.1 Å². The van der Waals surface area contributed by atoms with Crippen LogP contribution in [0.25, 0.3) is 0 Å². The highest BCUT2D eigenvalue weighted by atomic mass is 16.2. The maximum Gasteiger partial charge on any atom is 0.220 e. The van der Waals surface area contributed by atoms with Crippen molar-refractivity contribution in [2.75, 3.05) is 6.54 Å². The Bertz CT molecular complexity index is 662. The van der Waals surface area contributed by atoms with Gasteiger partial charge in [0.25, 0.3) is 0 Å². The molecule has 0 rings (SSSR count). The van der Waals surface area contributed by atoms with Gasteiger partial charge in [0.05, 0.1) is 0 Å². The molecule has 0 aromatic rings. The lowest BCUT2D eigenvalue weighted by Gasteiger charge is -2.14. The van der Waals surface area contributed by atoms with Crippen LogP contribution < -0.4 is 11.1 Å². The molecule has 3 N–H and O–H groups in total. The van der Waals surface area contributed by atoms with Crippen molar-refractivity contribution in [2.45, 2.75) is 232 Å². The summed E-state index contributed by atoms with van der Waals surface area (Å²) in [5.74, 6) is -0.194. The smallest absolute Gasteiger partial charge is 0.220 e. The Morgan fingerprint density at radius 1 is 0.478 bits per heavy atom. The van der Waals surface area contributed by atoms with Crippen molar-refractivity contribution in [3.05, 3.63) is 12.2 Å². The highest BCUT2D eigenvalue weighted by molar-refractivity contribution is 5.77. The van der Waals surface area contributed by atoms with Gasteiger partial charge in [-0.3, -0.25) is 9.59 Å². The van der Waals surface area contributed by atoms with E-state index in [1.54, 1.807) is 0 Å². The van der Waals surface area contributed by atoms with Gasteiger partial charge in [0.15, 0.2) is 0 Å². The molecule has 0 spiro atoms. The highest BCUT2D eigenvalue weighted by Gasteiger charge is 2.15. The number of rotatable bonds is 38. The van der Waals surface area contributed by atoms with Crippen LogP contribution in [-0.4, -0.2) is 18.4 Å². The van der Waals surface area contributed by atoms with E-state index in [1.165, 1.54) is 180 Å². The van der Waals surface area contributed by atoms with Gasteiger partial charge in [-0.25, -0.2) is 0 Å². The molecule has 4 heteroatoms. The zero-order chi connectivity index (χ0) is 33.6. The van der Waals surface area contributed by atoms with Crippen LogP contribution in [0.15, 0.2) is 12.2 Å². The molecule has 0 fully saturated rings. The van der Waals surface area contributed by atoms with Crippen molar-refractivity contribution < 1.29 is 9.59 Å². The fraction of sp³-hybridized carbons (Fsp3) is 0.905. The maximum absolute atomic E-state index is 12.2. The van der Waals surface area contributed by atoms with Gasteiger partial charge >= 0.3 is 0 Å². The van der Waals surface area contributed by atoms with Gasteiger partial charge in [0, 0.05) is 18.9 Å². The Hall–Kier alpha value is -1.32. The van der Waals surface area contributed by atoms with Gasteiger partial charge in [0.1, 0.15) is 0 Å². The molecule has 272 valence electrons. The molecule has 4 nitrogen and oxygen atoms in total. The molecular formula is C42H82N2O2. The van der Waals surface area contributed by atoms with E-state index in [0.717, 1.165) is 25.7 Å². The van der Waals surface area contributed by atoms with Crippen LogP contribution in [0.1, 0.15) is 232 Å². The van der Waals surface area contributed by atoms with Crippen molar-refractivity contribution in [3.63, 3.8) is 0 Å². The number of amides is 2. The van der Waals surface area contributed by atoms with Crippen LogP contribution in [0.2, 0.25) is 0 Å². The van der Waals surface area contributed by atoms with E-state index in [2.05, 4.69) is 31.3 Å². The summed E-state index contributed by atoms with van der Waals surface area (Å²) in [5.41, 5.74) is 5.67. The first-order valence-corrected chi connectivity index (χ1v) is 20.8. The lowest BCUT2D eigenvalue weighted by Crippen LogP contribution is -2.30. The summed E-state index contributed by atoms with van der Waals surface area (Å²) >= 11 is 0. The lowest BCUT2D eigenvalue weighted by atomic mass is 9.96. The van der Waals surface area contributed by atoms with Crippen LogP contribution >= 0.6 is 0 Å². The Balaban J connectivity index is 3.50. The van der Waals surface area contributed by atoms with E-state index < -0.39 is 0 Å². The molecule has 1 unspecified atom stereocenters. The van der Waals surface area contributed by atoms with Crippen LogP contribution in [-0.2, 0) is 9.59 Å². The van der Waals surface area contributed by atoms with E-state index in [4.69, 9.17) is 5.73 Å². The molecule has 0 saturated heterocycles. The third kappa shape index (κ3) is 35.5. The minimum Gasteiger partial charge on any atom is -0.369 e. The molecule has 0 aliphatic rings. The Morgan fingerprint density at radius 2 is 0.826 bits per heavy atom. The number of nitrogens with one attached hydrogen (secondary N) is 1. The van der Waals surface area contributed by atoms with Crippen molar-refractivity contribution in [1.82, 2.24) is 5.32 Å². The zero-order valence-corrected chi connectivity index (χ0v) is 31.4. The van der Waals surface area contributed by atoms with Crippen molar-refractivity contribution in [3.8, 4) is 0 Å². The van der Waals surface area contributed by atoms with Crippen molar-refractivity contribution in [1.29, 1.82) is 0 Å². The first-order chi connectivity index (χ1) is 22.6. The predicted molar refractivity (Wildman–Crippen MR) is 203 cm³/mol. The summed E-state index contributed by atoms with van der Waals surface area (Å²) in [7, 11) is 0. The summed E-state index contributed by atoms with van der Waals surface area (Å²) < 4.78 is 0. The Morgan fingerprint density at radius 3 is 1.22 bits per heavy atom. The largest absolute Gasteiger partial charge is 0.369 e. The SMILES string of the molecule is CCCCCCCCC=CCCCCCCCCCCC(CCNC(=O)CCCCCCCCCCCCCCCCC)C(N)=O. The second-order valence-corrected chi connectivity index (χ2v) is 14.4. The maximum atomic E-state index is 12.2. The van der Waals surface area contributed by atoms with Gasteiger partial charge in [-0.05, 0) is 44.9 Å². The number of carbonyl (C=O) groups excluding carboxylic acids is 2. The predicted octanol–water partition coefficient (Wildman–Crippen LogP) is 13.1. The Kier molecular flexibility index (Phi) is 37.0. The summed E-state index contributed by atoms with van der Waals surface area (Å²) in [4.78, 5) is 24.2. The number of primary amides is 1. The molecule has 0 aliphatic heterocycles. The standard InChI is InChI=1S/C42H82N2O2/c1-3-5-7-9-11-13-15-17-19-20-21-23-24-26-28-30-32-34-36-40(42(43)46)38-39-44-41(45)37-35-33-31-29-27-25-22-18-16-14-12-10-8-6-4-2/h17,19,40H,3-16,18,20-39H2,1-2H3,(H2,43,46)(H,44,45). The molecule has 1 atom stereocenters. The molecule has 0 bridgehead atoms. The van der Waals surface area contributed by atoms with Gasteiger partial charge in [0.2, 0.25) is 11.8 Å². The molecule has 0 aliphatic carbocycles. The second kappa shape index (κ2) is 38.1. The monoisotopic (exact) mass is 647 g/mol. The van der Waals surface area contributed by atoms with Gasteiger partial charge in [-0.15, -0.1) is 0 Å². The van der Waals surface area contributed by atoms with E-state index in [-0.39, 0.29) is 17.7 Å². The molecule has 0 saturated carbocycles. The average Bonchev–Trinajstić information content (AvgIpc) is 3.05. The quantitative estimate of drug-likeness (QED) is 0.0517. The first-order valence-electron chi connectivity index (χ1n) is 20.8. The molecule has 0 heterocycles. The molecule has 0 aromatic carbocycles. The fourth-order valence-electron chi connectivity index (χ4n) is 6.55. The number of hydrogen-bond donors (Lipinski definition) is 2. The van der Waals surface area contributed by atoms with Crippen LogP contribution in [0.5, 0.6) is 0 Å². The summed E-state index contributed by atoms with van der Waals surface area (Å²) in [6.45, 7) is 5.13. The van der Waals surface area contributed by atoms with E-state index in [9.17, 15) is 9.59 Å². The summed E-state index contributed by atoms with van der Waals surface area (Å²) in [6, 6.07) is 0. The van der Waals surface area contributed by atoms with Crippen LogP contribution in [0, 0.1) is 5.92 Å². The molecule has 0 radical (unpaired) electrons. The minimum atomic E-state index is -0.210.